The third-order valence-electron chi connectivity index (χ3n) is 4.01. The van der Waals surface area contributed by atoms with E-state index < -0.39 is 9.85 Å². The van der Waals surface area contributed by atoms with Gasteiger partial charge in [0.1, 0.15) is 5.69 Å². The summed E-state index contributed by atoms with van der Waals surface area (Å²) in [7, 11) is 0. The number of hydrogen-bond acceptors (Lipinski definition) is 6. The van der Waals surface area contributed by atoms with Crippen molar-refractivity contribution in [3.05, 3.63) is 38.4 Å². The van der Waals surface area contributed by atoms with Crippen LogP contribution in [-0.4, -0.2) is 45.4 Å². The summed E-state index contributed by atoms with van der Waals surface area (Å²) < 4.78 is 0. The Hall–Kier alpha value is -2.91. The van der Waals surface area contributed by atoms with Gasteiger partial charge in [-0.3, -0.25) is 20.2 Å². The van der Waals surface area contributed by atoms with Crippen LogP contribution in [-0.2, 0) is 0 Å². The van der Waals surface area contributed by atoms with Crippen LogP contribution in [0.15, 0.2) is 18.2 Å². The Bertz CT molecular complexity index is 707. The number of nitro groups is 2. The number of hydrogen-bond donors (Lipinski definition) is 2. The first-order chi connectivity index (χ1) is 12.1. The van der Waals surface area contributed by atoms with Crippen molar-refractivity contribution in [2.75, 3.05) is 18.4 Å². The number of nitro benzene ring substituents is 2. The van der Waals surface area contributed by atoms with Crippen LogP contribution in [0.25, 0.3) is 0 Å². The highest BCUT2D eigenvalue weighted by molar-refractivity contribution is 5.75. The SMILES string of the molecule is CC(C)(C)NC(=O)N1CCC(Nc2ccc([N+](=O)[O-])cc2[N+](=O)[O-])CC1. The average molecular weight is 365 g/mol. The molecular formula is C16H23N5O5. The fourth-order valence-electron chi connectivity index (χ4n) is 2.75. The Balaban J connectivity index is 2.00. The molecule has 0 bridgehead atoms. The number of piperidine rings is 1. The third kappa shape index (κ3) is 5.04. The molecule has 1 aromatic rings. The quantitative estimate of drug-likeness (QED) is 0.623. The van der Waals surface area contributed by atoms with Gasteiger partial charge in [-0.1, -0.05) is 0 Å². The van der Waals surface area contributed by atoms with Crippen molar-refractivity contribution in [2.45, 2.75) is 45.2 Å². The second-order valence-electron chi connectivity index (χ2n) is 7.30. The largest absolute Gasteiger partial charge is 0.377 e. The van der Waals surface area contributed by atoms with Crippen LogP contribution >= 0.6 is 0 Å². The number of benzene rings is 1. The number of anilines is 1. The number of rotatable bonds is 4. The van der Waals surface area contributed by atoms with E-state index in [4.69, 9.17) is 0 Å². The highest BCUT2D eigenvalue weighted by atomic mass is 16.6. The van der Waals surface area contributed by atoms with E-state index in [1.54, 1.807) is 4.90 Å². The van der Waals surface area contributed by atoms with Crippen molar-refractivity contribution in [2.24, 2.45) is 0 Å². The van der Waals surface area contributed by atoms with Crippen molar-refractivity contribution in [3.8, 4) is 0 Å². The van der Waals surface area contributed by atoms with Gasteiger partial charge < -0.3 is 15.5 Å². The highest BCUT2D eigenvalue weighted by Crippen LogP contribution is 2.30. The van der Waals surface area contributed by atoms with Crippen LogP contribution in [0.5, 0.6) is 0 Å². The van der Waals surface area contributed by atoms with Crippen LogP contribution in [0.4, 0.5) is 21.9 Å². The van der Waals surface area contributed by atoms with Crippen molar-refractivity contribution < 1.29 is 14.6 Å². The van der Waals surface area contributed by atoms with Crippen LogP contribution in [0.2, 0.25) is 0 Å². The molecule has 0 unspecified atom stereocenters. The monoisotopic (exact) mass is 365 g/mol. The zero-order chi connectivity index (χ0) is 19.5. The summed E-state index contributed by atoms with van der Waals surface area (Å²) in [6.07, 6.45) is 1.26. The fraction of sp³-hybridized carbons (Fsp3) is 0.562. The minimum absolute atomic E-state index is 0.0474. The average Bonchev–Trinajstić information content (AvgIpc) is 2.53. The van der Waals surface area contributed by atoms with Crippen molar-refractivity contribution in [1.29, 1.82) is 0 Å². The van der Waals surface area contributed by atoms with E-state index >= 15 is 0 Å². The molecule has 2 rings (SSSR count). The Labute approximate surface area is 150 Å². The highest BCUT2D eigenvalue weighted by Gasteiger charge is 2.27. The van der Waals surface area contributed by atoms with E-state index in [0.29, 0.717) is 25.9 Å². The van der Waals surface area contributed by atoms with E-state index in [1.165, 1.54) is 12.1 Å². The number of non-ortho nitro benzene ring substituents is 1. The number of amides is 2. The Morgan fingerprint density at radius 3 is 2.27 bits per heavy atom. The van der Waals surface area contributed by atoms with Crippen molar-refractivity contribution >= 4 is 23.1 Å². The third-order valence-corrected chi connectivity index (χ3v) is 4.01. The summed E-state index contributed by atoms with van der Waals surface area (Å²) >= 11 is 0. The first-order valence-corrected chi connectivity index (χ1v) is 8.33. The lowest BCUT2D eigenvalue weighted by atomic mass is 10.0. The fourth-order valence-corrected chi connectivity index (χ4v) is 2.75. The molecule has 1 fully saturated rings. The molecule has 1 aliphatic rings. The molecule has 2 amide bonds. The van der Waals surface area contributed by atoms with Gasteiger partial charge in [-0.15, -0.1) is 0 Å². The number of nitrogens with one attached hydrogen (secondary N) is 2. The minimum Gasteiger partial charge on any atom is -0.377 e. The first-order valence-electron chi connectivity index (χ1n) is 8.33. The molecule has 10 nitrogen and oxygen atoms in total. The van der Waals surface area contributed by atoms with Gasteiger partial charge in [0.2, 0.25) is 0 Å². The molecular weight excluding hydrogens is 342 g/mol. The molecule has 10 heteroatoms. The van der Waals surface area contributed by atoms with Gasteiger partial charge in [-0.2, -0.15) is 0 Å². The molecule has 0 radical (unpaired) electrons. The molecule has 0 aliphatic carbocycles. The van der Waals surface area contributed by atoms with E-state index in [0.717, 1.165) is 6.07 Å². The molecule has 1 saturated heterocycles. The lowest BCUT2D eigenvalue weighted by Gasteiger charge is -2.34. The summed E-state index contributed by atoms with van der Waals surface area (Å²) in [6, 6.07) is 3.37. The first kappa shape index (κ1) is 19.4. The number of carbonyl (C=O) groups is 1. The molecule has 0 spiro atoms. The Morgan fingerprint density at radius 1 is 1.15 bits per heavy atom. The maximum absolute atomic E-state index is 12.2. The van der Waals surface area contributed by atoms with Gasteiger partial charge in [0.05, 0.1) is 15.9 Å². The molecule has 1 heterocycles. The van der Waals surface area contributed by atoms with E-state index in [-0.39, 0.29) is 34.7 Å². The molecule has 2 N–H and O–H groups in total. The maximum Gasteiger partial charge on any atom is 0.317 e. The summed E-state index contributed by atoms with van der Waals surface area (Å²) in [5.41, 5.74) is -0.716. The lowest BCUT2D eigenvalue weighted by molar-refractivity contribution is -0.393. The van der Waals surface area contributed by atoms with Gasteiger partial charge in [0, 0.05) is 30.7 Å². The topological polar surface area (TPSA) is 131 Å². The Kier molecular flexibility index (Phi) is 5.63. The standard InChI is InChI=1S/C16H23N5O5/c1-16(2,3)18-15(22)19-8-6-11(7-9-19)17-13-5-4-12(20(23)24)10-14(13)21(25)26/h4-5,10-11,17H,6-9H2,1-3H3,(H,18,22). The summed E-state index contributed by atoms with van der Waals surface area (Å²) in [4.78, 5) is 34.6. The molecule has 0 saturated carbocycles. The molecule has 26 heavy (non-hydrogen) atoms. The van der Waals surface area contributed by atoms with E-state index in [1.807, 2.05) is 20.8 Å². The molecule has 1 aromatic carbocycles. The summed E-state index contributed by atoms with van der Waals surface area (Å²) in [5.74, 6) is 0. The van der Waals surface area contributed by atoms with Crippen molar-refractivity contribution in [3.63, 3.8) is 0 Å². The molecule has 0 aromatic heterocycles. The maximum atomic E-state index is 12.2. The van der Waals surface area contributed by atoms with Crippen LogP contribution in [0.3, 0.4) is 0 Å². The number of likely N-dealkylation sites (tertiary alicyclic amines) is 1. The van der Waals surface area contributed by atoms with E-state index in [9.17, 15) is 25.0 Å². The molecule has 1 aliphatic heterocycles. The smallest absolute Gasteiger partial charge is 0.317 e. The van der Waals surface area contributed by atoms with Gasteiger partial charge in [0.15, 0.2) is 0 Å². The summed E-state index contributed by atoms with van der Waals surface area (Å²) in [5, 5.41) is 28.0. The minimum atomic E-state index is -0.664. The normalized spacial score (nSPS) is 15.4. The van der Waals surface area contributed by atoms with Crippen LogP contribution in [0.1, 0.15) is 33.6 Å². The second kappa shape index (κ2) is 7.54. The zero-order valence-electron chi connectivity index (χ0n) is 15.0. The van der Waals surface area contributed by atoms with Crippen LogP contribution < -0.4 is 10.6 Å². The van der Waals surface area contributed by atoms with E-state index in [2.05, 4.69) is 10.6 Å². The van der Waals surface area contributed by atoms with Gasteiger partial charge in [-0.05, 0) is 39.7 Å². The van der Waals surface area contributed by atoms with Gasteiger partial charge in [0.25, 0.3) is 11.4 Å². The predicted octanol–water partition coefficient (Wildman–Crippen LogP) is 2.89. The second-order valence-corrected chi connectivity index (χ2v) is 7.30. The number of carbonyl (C=O) groups excluding carboxylic acids is 1. The number of urea groups is 1. The van der Waals surface area contributed by atoms with Gasteiger partial charge in [-0.25, -0.2) is 4.79 Å². The van der Waals surface area contributed by atoms with Gasteiger partial charge >= 0.3 is 6.03 Å². The van der Waals surface area contributed by atoms with Crippen LogP contribution in [0, 0.1) is 20.2 Å². The predicted molar refractivity (Wildman–Crippen MR) is 96.3 cm³/mol. The molecule has 0 atom stereocenters. The Morgan fingerprint density at radius 2 is 1.77 bits per heavy atom. The van der Waals surface area contributed by atoms with Crippen molar-refractivity contribution in [1.82, 2.24) is 10.2 Å². The lowest BCUT2D eigenvalue weighted by Crippen LogP contribution is -2.51. The number of nitrogens with zero attached hydrogens (tertiary/aromatic N) is 3. The molecule has 142 valence electrons. The zero-order valence-corrected chi connectivity index (χ0v) is 15.0. The summed E-state index contributed by atoms with van der Waals surface area (Å²) in [6.45, 7) is 6.79.